The quantitative estimate of drug-likeness (QED) is 0.707. The Balaban J connectivity index is 1.95. The Morgan fingerprint density at radius 2 is 2.06 bits per heavy atom. The summed E-state index contributed by atoms with van der Waals surface area (Å²) in [5.74, 6) is 0. The minimum absolute atomic E-state index is 0.759. The Kier molecular flexibility index (Phi) is 1.99. The molecule has 1 aromatic carbocycles. The van der Waals surface area contributed by atoms with E-state index in [4.69, 9.17) is 0 Å². The second-order valence-corrected chi connectivity index (χ2v) is 3.93. The number of fused-ring (bicyclic) bond motifs is 1. The van der Waals surface area contributed by atoms with E-state index in [1.165, 1.54) is 11.1 Å². The van der Waals surface area contributed by atoms with E-state index >= 15 is 0 Å². The Morgan fingerprint density at radius 1 is 1.25 bits per heavy atom. The zero-order chi connectivity index (χ0) is 11.0. The minimum atomic E-state index is 0.759. The number of nitrogens with zero attached hydrogens (tertiary/aromatic N) is 3. The number of imidazole rings is 1. The molecule has 4 heteroatoms. The van der Waals surface area contributed by atoms with Gasteiger partial charge in [0, 0.05) is 0 Å². The number of aromatic amines is 1. The lowest BCUT2D eigenvalue weighted by Crippen LogP contribution is -2.01. The van der Waals surface area contributed by atoms with Gasteiger partial charge in [0.1, 0.15) is 5.52 Å². The molecule has 0 unspecified atom stereocenters. The molecule has 0 bridgehead atoms. The Hall–Kier alpha value is -2.10. The summed E-state index contributed by atoms with van der Waals surface area (Å²) in [6.07, 6.45) is 3.49. The molecule has 0 radical (unpaired) electrons. The highest BCUT2D eigenvalue weighted by molar-refractivity contribution is 5.69. The van der Waals surface area contributed by atoms with Crippen molar-refractivity contribution in [3.8, 4) is 0 Å². The summed E-state index contributed by atoms with van der Waals surface area (Å²) < 4.78 is 1.90. The molecule has 0 aliphatic rings. The molecule has 2 heterocycles. The average Bonchev–Trinajstić information content (AvgIpc) is 2.86. The molecule has 3 rings (SSSR count). The number of hydrogen-bond acceptors (Lipinski definition) is 2. The van der Waals surface area contributed by atoms with Crippen molar-refractivity contribution in [2.24, 2.45) is 0 Å². The fraction of sp³-hybridized carbons (Fsp3) is 0.167. The van der Waals surface area contributed by atoms with Crippen LogP contribution in [0.3, 0.4) is 0 Å². The maximum atomic E-state index is 4.30. The minimum Gasteiger partial charge on any atom is -0.342 e. The number of benzene rings is 1. The largest absolute Gasteiger partial charge is 0.342 e. The number of nitrogens with one attached hydrogen (secondary N) is 1. The summed E-state index contributed by atoms with van der Waals surface area (Å²) in [5, 5.41) is 4.30. The lowest BCUT2D eigenvalue weighted by atomic mass is 10.1. The van der Waals surface area contributed by atoms with Crippen LogP contribution < -0.4 is 0 Å². The molecule has 0 amide bonds. The Bertz CT molecular complexity index is 603. The number of hydrogen-bond donors (Lipinski definition) is 1. The fourth-order valence-corrected chi connectivity index (χ4v) is 1.76. The first-order valence-corrected chi connectivity index (χ1v) is 5.23. The van der Waals surface area contributed by atoms with Crippen molar-refractivity contribution in [2.45, 2.75) is 13.5 Å². The molecule has 2 aromatic heterocycles. The summed E-state index contributed by atoms with van der Waals surface area (Å²) in [7, 11) is 0. The molecule has 0 atom stereocenters. The van der Waals surface area contributed by atoms with Crippen LogP contribution in [0.25, 0.3) is 11.2 Å². The maximum absolute atomic E-state index is 4.30. The van der Waals surface area contributed by atoms with E-state index in [9.17, 15) is 0 Å². The van der Waals surface area contributed by atoms with Crippen molar-refractivity contribution in [1.29, 1.82) is 0 Å². The van der Waals surface area contributed by atoms with Gasteiger partial charge in [-0.15, -0.1) is 0 Å². The first kappa shape index (κ1) is 9.15. The van der Waals surface area contributed by atoms with Crippen molar-refractivity contribution >= 4 is 11.2 Å². The van der Waals surface area contributed by atoms with Crippen molar-refractivity contribution in [3.63, 3.8) is 0 Å². The van der Waals surface area contributed by atoms with E-state index in [-0.39, 0.29) is 0 Å². The van der Waals surface area contributed by atoms with Gasteiger partial charge in [-0.05, 0) is 12.5 Å². The number of rotatable bonds is 2. The van der Waals surface area contributed by atoms with Crippen LogP contribution in [0.15, 0.2) is 36.8 Å². The molecular weight excluding hydrogens is 200 g/mol. The Labute approximate surface area is 92.9 Å². The topological polar surface area (TPSA) is 46.5 Å². The van der Waals surface area contributed by atoms with Crippen LogP contribution in [0.1, 0.15) is 11.1 Å². The fourth-order valence-electron chi connectivity index (χ4n) is 1.76. The molecule has 0 fully saturated rings. The molecule has 16 heavy (non-hydrogen) atoms. The van der Waals surface area contributed by atoms with Crippen LogP contribution in [0.5, 0.6) is 0 Å². The first-order valence-electron chi connectivity index (χ1n) is 5.23. The lowest BCUT2D eigenvalue weighted by molar-refractivity contribution is 0.704. The molecule has 0 aliphatic heterocycles. The van der Waals surface area contributed by atoms with E-state index in [2.05, 4.69) is 46.3 Å². The molecule has 0 saturated carbocycles. The molecule has 0 aliphatic carbocycles. The van der Waals surface area contributed by atoms with Gasteiger partial charge in [-0.1, -0.05) is 29.8 Å². The SMILES string of the molecule is Cc1ccc(Cn2ncc3[nH]cnc32)cc1. The molecule has 4 nitrogen and oxygen atoms in total. The molecule has 3 aromatic rings. The molecule has 1 N–H and O–H groups in total. The molecular formula is C12H12N4. The third-order valence-electron chi connectivity index (χ3n) is 2.67. The first-order chi connectivity index (χ1) is 7.83. The number of aryl methyl sites for hydroxylation is 1. The zero-order valence-electron chi connectivity index (χ0n) is 9.01. The maximum Gasteiger partial charge on any atom is 0.176 e. The highest BCUT2D eigenvalue weighted by Crippen LogP contribution is 2.11. The molecule has 0 saturated heterocycles. The van der Waals surface area contributed by atoms with E-state index in [1.807, 2.05) is 4.68 Å². The van der Waals surface area contributed by atoms with Crippen LogP contribution >= 0.6 is 0 Å². The van der Waals surface area contributed by atoms with E-state index in [1.54, 1.807) is 12.5 Å². The number of H-pyrrole nitrogens is 1. The van der Waals surface area contributed by atoms with Gasteiger partial charge in [0.05, 0.1) is 19.1 Å². The van der Waals surface area contributed by atoms with Gasteiger partial charge in [0.25, 0.3) is 0 Å². The zero-order valence-corrected chi connectivity index (χ0v) is 9.01. The summed E-state index contributed by atoms with van der Waals surface area (Å²) in [6, 6.07) is 8.46. The van der Waals surface area contributed by atoms with Gasteiger partial charge in [0.15, 0.2) is 5.65 Å². The van der Waals surface area contributed by atoms with Gasteiger partial charge in [0.2, 0.25) is 0 Å². The normalized spacial score (nSPS) is 11.1. The number of aromatic nitrogens is 4. The predicted molar refractivity (Wildman–Crippen MR) is 62.2 cm³/mol. The summed E-state index contributed by atoms with van der Waals surface area (Å²) in [5.41, 5.74) is 4.39. The average molecular weight is 212 g/mol. The van der Waals surface area contributed by atoms with Crippen LogP contribution in [-0.2, 0) is 6.54 Å². The van der Waals surface area contributed by atoms with E-state index in [0.717, 1.165) is 17.7 Å². The predicted octanol–water partition coefficient (Wildman–Crippen LogP) is 2.12. The van der Waals surface area contributed by atoms with Crippen molar-refractivity contribution < 1.29 is 0 Å². The third-order valence-corrected chi connectivity index (χ3v) is 2.67. The van der Waals surface area contributed by atoms with Gasteiger partial charge in [-0.3, -0.25) is 0 Å². The smallest absolute Gasteiger partial charge is 0.176 e. The van der Waals surface area contributed by atoms with Crippen LogP contribution in [0, 0.1) is 6.92 Å². The monoisotopic (exact) mass is 212 g/mol. The van der Waals surface area contributed by atoms with E-state index in [0.29, 0.717) is 0 Å². The molecule has 80 valence electrons. The summed E-state index contributed by atoms with van der Waals surface area (Å²) in [6.45, 7) is 2.85. The van der Waals surface area contributed by atoms with Gasteiger partial charge < -0.3 is 4.98 Å². The van der Waals surface area contributed by atoms with Gasteiger partial charge in [-0.25, -0.2) is 9.67 Å². The second kappa shape index (κ2) is 3.48. The van der Waals surface area contributed by atoms with Gasteiger partial charge >= 0.3 is 0 Å². The summed E-state index contributed by atoms with van der Waals surface area (Å²) in [4.78, 5) is 7.28. The molecule has 0 spiro atoms. The van der Waals surface area contributed by atoms with E-state index < -0.39 is 0 Å². The highest BCUT2D eigenvalue weighted by Gasteiger charge is 2.04. The van der Waals surface area contributed by atoms with Crippen LogP contribution in [0.2, 0.25) is 0 Å². The third kappa shape index (κ3) is 1.48. The van der Waals surface area contributed by atoms with Crippen molar-refractivity contribution in [1.82, 2.24) is 19.7 Å². The van der Waals surface area contributed by atoms with Crippen LogP contribution in [0.4, 0.5) is 0 Å². The Morgan fingerprint density at radius 3 is 2.88 bits per heavy atom. The van der Waals surface area contributed by atoms with Crippen LogP contribution in [-0.4, -0.2) is 19.7 Å². The highest BCUT2D eigenvalue weighted by atomic mass is 15.3. The van der Waals surface area contributed by atoms with Crippen molar-refractivity contribution in [2.75, 3.05) is 0 Å². The lowest BCUT2D eigenvalue weighted by Gasteiger charge is -2.02. The van der Waals surface area contributed by atoms with Gasteiger partial charge in [-0.2, -0.15) is 5.10 Å². The standard InChI is InChI=1S/C12H12N4/c1-9-2-4-10(5-3-9)7-16-12-11(6-15-16)13-8-14-12/h2-6,8H,7H2,1H3,(H,13,14). The summed E-state index contributed by atoms with van der Waals surface area (Å²) >= 11 is 0. The van der Waals surface area contributed by atoms with Crippen molar-refractivity contribution in [3.05, 3.63) is 47.9 Å². The second-order valence-electron chi connectivity index (χ2n) is 3.93.